The predicted octanol–water partition coefficient (Wildman–Crippen LogP) is -0.725. The number of rotatable bonds is 16. The molecule has 1 aromatic heterocycles. The average Bonchev–Trinajstić information content (AvgIpc) is 3.49. The van der Waals surface area contributed by atoms with Crippen molar-refractivity contribution >= 4 is 29.6 Å². The van der Waals surface area contributed by atoms with Gasteiger partial charge in [0.05, 0.1) is 12.4 Å². The Hall–Kier alpha value is -5.24. The molecule has 4 unspecified atom stereocenters. The number of benzene rings is 2. The van der Waals surface area contributed by atoms with E-state index in [1.54, 1.807) is 12.1 Å². The van der Waals surface area contributed by atoms with E-state index in [-0.39, 0.29) is 37.9 Å². The van der Waals surface area contributed by atoms with Crippen molar-refractivity contribution in [3.05, 3.63) is 83.9 Å². The summed E-state index contributed by atoms with van der Waals surface area (Å²) in [4.78, 5) is 69.6. The summed E-state index contributed by atoms with van der Waals surface area (Å²) in [6.07, 6.45) is 2.40. The second-order valence-electron chi connectivity index (χ2n) is 9.97. The number of aromatic amines is 1. The summed E-state index contributed by atoms with van der Waals surface area (Å²) in [5, 5.41) is 26.8. The molecule has 0 fully saturated rings. The Bertz CT molecular complexity index is 1380. The number of H-pyrrole nitrogens is 1. The molecular formula is C29H35N7O7. The van der Waals surface area contributed by atoms with Gasteiger partial charge in [0.25, 0.3) is 0 Å². The molecule has 228 valence electrons. The van der Waals surface area contributed by atoms with Gasteiger partial charge in [-0.15, -0.1) is 0 Å². The number of nitrogens with zero attached hydrogens (tertiary/aromatic N) is 1. The molecule has 0 aliphatic heterocycles. The maximum absolute atomic E-state index is 13.6. The van der Waals surface area contributed by atoms with Crippen molar-refractivity contribution in [3.63, 3.8) is 0 Å². The number of carboxylic acids is 1. The van der Waals surface area contributed by atoms with Crippen LogP contribution in [0.25, 0.3) is 0 Å². The molecule has 3 aromatic rings. The molecule has 4 atom stereocenters. The highest BCUT2D eigenvalue weighted by molar-refractivity contribution is 5.94. The molecule has 14 nitrogen and oxygen atoms in total. The van der Waals surface area contributed by atoms with Crippen molar-refractivity contribution in [3.8, 4) is 5.75 Å². The Morgan fingerprint density at radius 2 is 1.37 bits per heavy atom. The lowest BCUT2D eigenvalue weighted by Gasteiger charge is -2.25. The fraction of sp³-hybridized carbons (Fsp3) is 0.310. The molecule has 1 heterocycles. The first-order chi connectivity index (χ1) is 20.5. The number of aromatic hydroxyl groups is 1. The lowest BCUT2D eigenvalue weighted by Crippen LogP contribution is -2.58. The standard InChI is InChI=1S/C29H35N7O7/c30-21(12-17-4-2-1-3-5-17)26(39)35-23(13-18-6-8-20(37)9-7-18)27(40)36-24(14-19-15-32-16-33-19)28(41)34-22(29(42)43)10-11-25(31)38/h1-9,15-16,21-24,37H,10-14,30H2,(H2,31,38)(H,32,33)(H,34,41)(H,35,39)(H,36,40)(H,42,43). The zero-order valence-electron chi connectivity index (χ0n) is 23.2. The van der Waals surface area contributed by atoms with Gasteiger partial charge in [-0.3, -0.25) is 19.2 Å². The quantitative estimate of drug-likeness (QED) is 0.104. The van der Waals surface area contributed by atoms with Gasteiger partial charge in [0.1, 0.15) is 23.9 Å². The van der Waals surface area contributed by atoms with Crippen molar-refractivity contribution in [2.45, 2.75) is 56.3 Å². The first-order valence-corrected chi connectivity index (χ1v) is 13.5. The second-order valence-corrected chi connectivity index (χ2v) is 9.97. The van der Waals surface area contributed by atoms with Gasteiger partial charge < -0.3 is 42.6 Å². The van der Waals surface area contributed by atoms with Crippen LogP contribution in [0.2, 0.25) is 0 Å². The van der Waals surface area contributed by atoms with E-state index in [2.05, 4.69) is 25.9 Å². The number of primary amides is 1. The molecule has 10 N–H and O–H groups in total. The molecule has 43 heavy (non-hydrogen) atoms. The summed E-state index contributed by atoms with van der Waals surface area (Å²) in [6, 6.07) is 10.2. The number of phenolic OH excluding ortho intramolecular Hbond substituents is 1. The highest BCUT2D eigenvalue weighted by atomic mass is 16.4. The average molecular weight is 594 g/mol. The zero-order chi connectivity index (χ0) is 31.4. The van der Waals surface area contributed by atoms with Crippen LogP contribution in [0.1, 0.15) is 29.7 Å². The smallest absolute Gasteiger partial charge is 0.326 e. The maximum atomic E-state index is 13.6. The normalized spacial score (nSPS) is 13.6. The van der Waals surface area contributed by atoms with E-state index in [1.165, 1.54) is 24.7 Å². The molecule has 0 aliphatic rings. The van der Waals surface area contributed by atoms with E-state index in [0.29, 0.717) is 11.3 Å². The number of nitrogens with one attached hydrogen (secondary N) is 4. The SMILES string of the molecule is NC(=O)CCC(NC(=O)C(Cc1cnc[nH]1)NC(=O)C(Cc1ccc(O)cc1)NC(=O)C(N)Cc1ccccc1)C(=O)O. The van der Waals surface area contributed by atoms with Crippen LogP contribution in [0.15, 0.2) is 67.1 Å². The van der Waals surface area contributed by atoms with Gasteiger partial charge >= 0.3 is 5.97 Å². The fourth-order valence-electron chi connectivity index (χ4n) is 4.23. The third-order valence-corrected chi connectivity index (χ3v) is 6.55. The third-order valence-electron chi connectivity index (χ3n) is 6.55. The highest BCUT2D eigenvalue weighted by Gasteiger charge is 2.31. The molecule has 0 bridgehead atoms. The van der Waals surface area contributed by atoms with Crippen LogP contribution in [0, 0.1) is 0 Å². The second kappa shape index (κ2) is 15.7. The summed E-state index contributed by atoms with van der Waals surface area (Å²) in [5.41, 5.74) is 13.2. The molecule has 0 saturated heterocycles. The minimum absolute atomic E-state index is 0.00926. The van der Waals surface area contributed by atoms with E-state index in [9.17, 15) is 34.2 Å². The Morgan fingerprint density at radius 1 is 0.791 bits per heavy atom. The van der Waals surface area contributed by atoms with Gasteiger partial charge in [-0.2, -0.15) is 0 Å². The number of nitrogens with two attached hydrogens (primary N) is 2. The number of imidazole rings is 1. The van der Waals surface area contributed by atoms with E-state index in [1.807, 2.05) is 30.3 Å². The molecule has 4 amide bonds. The van der Waals surface area contributed by atoms with E-state index in [0.717, 1.165) is 5.56 Å². The van der Waals surface area contributed by atoms with Crippen molar-refractivity contribution in [1.29, 1.82) is 0 Å². The number of hydrogen-bond donors (Lipinski definition) is 8. The summed E-state index contributed by atoms with van der Waals surface area (Å²) in [7, 11) is 0. The molecule has 0 radical (unpaired) electrons. The number of carbonyl (C=O) groups is 5. The van der Waals surface area contributed by atoms with Gasteiger partial charge in [0.2, 0.25) is 23.6 Å². The molecular weight excluding hydrogens is 558 g/mol. The molecule has 2 aromatic carbocycles. The number of carbonyl (C=O) groups excluding carboxylic acids is 4. The molecule has 14 heteroatoms. The van der Waals surface area contributed by atoms with Crippen LogP contribution < -0.4 is 27.4 Å². The lowest BCUT2D eigenvalue weighted by atomic mass is 10.0. The summed E-state index contributed by atoms with van der Waals surface area (Å²) >= 11 is 0. The number of aromatic nitrogens is 2. The first-order valence-electron chi connectivity index (χ1n) is 13.5. The number of amides is 4. The summed E-state index contributed by atoms with van der Waals surface area (Å²) in [5.74, 6) is -4.28. The van der Waals surface area contributed by atoms with Gasteiger partial charge in [0, 0.05) is 31.2 Å². The molecule has 0 spiro atoms. The summed E-state index contributed by atoms with van der Waals surface area (Å²) in [6.45, 7) is 0. The van der Waals surface area contributed by atoms with Crippen LogP contribution >= 0.6 is 0 Å². The Balaban J connectivity index is 1.81. The predicted molar refractivity (Wildman–Crippen MR) is 154 cm³/mol. The Labute approximate surface area is 247 Å². The van der Waals surface area contributed by atoms with Crippen LogP contribution in [-0.2, 0) is 43.2 Å². The van der Waals surface area contributed by atoms with Crippen LogP contribution in [0.5, 0.6) is 5.75 Å². The number of hydrogen-bond acceptors (Lipinski definition) is 8. The third kappa shape index (κ3) is 10.6. The van der Waals surface area contributed by atoms with Crippen LogP contribution in [0.3, 0.4) is 0 Å². The Kier molecular flexibility index (Phi) is 11.8. The van der Waals surface area contributed by atoms with Gasteiger partial charge in [-0.25, -0.2) is 9.78 Å². The number of aliphatic carboxylic acids is 1. The monoisotopic (exact) mass is 593 g/mol. The first kappa shape index (κ1) is 32.3. The van der Waals surface area contributed by atoms with Crippen molar-refractivity contribution in [1.82, 2.24) is 25.9 Å². The van der Waals surface area contributed by atoms with E-state index < -0.39 is 53.8 Å². The number of phenols is 1. The maximum Gasteiger partial charge on any atom is 0.326 e. The minimum Gasteiger partial charge on any atom is -0.508 e. The Morgan fingerprint density at radius 3 is 1.95 bits per heavy atom. The lowest BCUT2D eigenvalue weighted by molar-refractivity contribution is -0.142. The molecule has 0 aliphatic carbocycles. The van der Waals surface area contributed by atoms with Crippen molar-refractivity contribution in [2.75, 3.05) is 0 Å². The zero-order valence-corrected chi connectivity index (χ0v) is 23.2. The van der Waals surface area contributed by atoms with Crippen LogP contribution in [0.4, 0.5) is 0 Å². The van der Waals surface area contributed by atoms with Gasteiger partial charge in [-0.05, 0) is 36.1 Å². The van der Waals surface area contributed by atoms with Crippen molar-refractivity contribution in [2.24, 2.45) is 11.5 Å². The molecule has 3 rings (SSSR count). The summed E-state index contributed by atoms with van der Waals surface area (Å²) < 4.78 is 0. The topological polar surface area (TPSA) is 243 Å². The van der Waals surface area contributed by atoms with Crippen molar-refractivity contribution < 1.29 is 34.2 Å². The minimum atomic E-state index is -1.44. The number of carboxylic acid groups (broad SMARTS) is 1. The highest BCUT2D eigenvalue weighted by Crippen LogP contribution is 2.13. The molecule has 0 saturated carbocycles. The fourth-order valence-corrected chi connectivity index (χ4v) is 4.23. The van der Waals surface area contributed by atoms with E-state index in [4.69, 9.17) is 11.5 Å². The largest absolute Gasteiger partial charge is 0.508 e. The van der Waals surface area contributed by atoms with Gasteiger partial charge in [-0.1, -0.05) is 42.5 Å². The van der Waals surface area contributed by atoms with E-state index >= 15 is 0 Å². The van der Waals surface area contributed by atoms with Gasteiger partial charge in [0.15, 0.2) is 0 Å². The van der Waals surface area contributed by atoms with Crippen LogP contribution in [-0.4, -0.2) is 73.9 Å².